The standard InChI is InChI=1S/C13H12F3N3O/c1-8-3-5-9(6-4-8)19-11(13(14,15)16)10(7-18-19)12(20)17-2/h3-7H,1-2H3,(H,17,20). The Labute approximate surface area is 113 Å². The molecule has 1 aromatic heterocycles. The fraction of sp³-hybridized carbons (Fsp3) is 0.231. The third kappa shape index (κ3) is 2.52. The molecule has 1 aromatic carbocycles. The van der Waals surface area contributed by atoms with E-state index >= 15 is 0 Å². The van der Waals surface area contributed by atoms with E-state index < -0.39 is 23.3 Å². The van der Waals surface area contributed by atoms with Crippen LogP contribution in [0.15, 0.2) is 30.5 Å². The third-order valence-electron chi connectivity index (χ3n) is 2.79. The summed E-state index contributed by atoms with van der Waals surface area (Å²) in [7, 11) is 1.27. The highest BCUT2D eigenvalue weighted by Crippen LogP contribution is 2.33. The van der Waals surface area contributed by atoms with Crippen molar-refractivity contribution in [2.75, 3.05) is 7.05 Å². The van der Waals surface area contributed by atoms with Gasteiger partial charge in [-0.05, 0) is 19.1 Å². The van der Waals surface area contributed by atoms with Gasteiger partial charge in [0.15, 0.2) is 5.69 Å². The van der Waals surface area contributed by atoms with Crippen LogP contribution in [0.25, 0.3) is 5.69 Å². The van der Waals surface area contributed by atoms with Crippen molar-refractivity contribution in [3.05, 3.63) is 47.3 Å². The van der Waals surface area contributed by atoms with Crippen molar-refractivity contribution in [3.63, 3.8) is 0 Å². The lowest BCUT2D eigenvalue weighted by atomic mass is 10.2. The molecule has 106 valence electrons. The molecule has 0 unspecified atom stereocenters. The molecule has 0 radical (unpaired) electrons. The molecule has 0 saturated carbocycles. The maximum absolute atomic E-state index is 13.2. The highest BCUT2D eigenvalue weighted by Gasteiger charge is 2.40. The van der Waals surface area contributed by atoms with Gasteiger partial charge in [-0.15, -0.1) is 0 Å². The molecule has 2 aromatic rings. The number of nitrogens with zero attached hydrogens (tertiary/aromatic N) is 2. The predicted octanol–water partition coefficient (Wildman–Crippen LogP) is 2.56. The summed E-state index contributed by atoms with van der Waals surface area (Å²) in [6.45, 7) is 1.83. The Morgan fingerprint density at radius 2 is 1.85 bits per heavy atom. The topological polar surface area (TPSA) is 46.9 Å². The van der Waals surface area contributed by atoms with Crippen molar-refractivity contribution < 1.29 is 18.0 Å². The van der Waals surface area contributed by atoms with Gasteiger partial charge in [-0.2, -0.15) is 18.3 Å². The number of aromatic nitrogens is 2. The normalized spacial score (nSPS) is 11.4. The molecule has 0 spiro atoms. The van der Waals surface area contributed by atoms with E-state index in [0.717, 1.165) is 16.4 Å². The summed E-state index contributed by atoms with van der Waals surface area (Å²) in [4.78, 5) is 11.5. The van der Waals surface area contributed by atoms with Crippen LogP contribution in [0.4, 0.5) is 13.2 Å². The van der Waals surface area contributed by atoms with Gasteiger partial charge in [0, 0.05) is 7.05 Å². The van der Waals surface area contributed by atoms with Gasteiger partial charge in [0.2, 0.25) is 0 Å². The van der Waals surface area contributed by atoms with E-state index in [0.29, 0.717) is 0 Å². The number of amides is 1. The fourth-order valence-corrected chi connectivity index (χ4v) is 1.80. The van der Waals surface area contributed by atoms with Crippen LogP contribution in [-0.4, -0.2) is 22.7 Å². The minimum absolute atomic E-state index is 0.248. The fourth-order valence-electron chi connectivity index (χ4n) is 1.80. The average molecular weight is 283 g/mol. The maximum Gasteiger partial charge on any atom is 0.434 e. The summed E-state index contributed by atoms with van der Waals surface area (Å²) in [5.74, 6) is -0.823. The molecule has 0 saturated heterocycles. The van der Waals surface area contributed by atoms with Crippen LogP contribution < -0.4 is 5.32 Å². The zero-order valence-corrected chi connectivity index (χ0v) is 10.8. The average Bonchev–Trinajstić information content (AvgIpc) is 2.83. The van der Waals surface area contributed by atoms with Crippen molar-refractivity contribution in [2.45, 2.75) is 13.1 Å². The Balaban J connectivity index is 2.62. The van der Waals surface area contributed by atoms with Gasteiger partial charge in [-0.1, -0.05) is 17.7 Å². The lowest BCUT2D eigenvalue weighted by Crippen LogP contribution is -2.23. The van der Waals surface area contributed by atoms with E-state index in [1.165, 1.54) is 19.2 Å². The summed E-state index contributed by atoms with van der Waals surface area (Å²) in [5, 5.41) is 5.86. The van der Waals surface area contributed by atoms with Crippen LogP contribution in [0.5, 0.6) is 0 Å². The van der Waals surface area contributed by atoms with Crippen LogP contribution in [0.1, 0.15) is 21.6 Å². The number of benzene rings is 1. The van der Waals surface area contributed by atoms with E-state index in [9.17, 15) is 18.0 Å². The van der Waals surface area contributed by atoms with Crippen LogP contribution in [-0.2, 0) is 6.18 Å². The lowest BCUT2D eigenvalue weighted by Gasteiger charge is -2.12. The number of halogens is 3. The van der Waals surface area contributed by atoms with Crippen molar-refractivity contribution in [2.24, 2.45) is 0 Å². The van der Waals surface area contributed by atoms with Crippen molar-refractivity contribution in [1.29, 1.82) is 0 Å². The Morgan fingerprint density at radius 1 is 1.25 bits per heavy atom. The number of nitrogens with one attached hydrogen (secondary N) is 1. The molecule has 4 nitrogen and oxygen atoms in total. The molecule has 0 aliphatic carbocycles. The van der Waals surface area contributed by atoms with Gasteiger partial charge in [-0.25, -0.2) is 4.68 Å². The summed E-state index contributed by atoms with van der Waals surface area (Å²) >= 11 is 0. The van der Waals surface area contributed by atoms with Crippen LogP contribution in [0.3, 0.4) is 0 Å². The summed E-state index contributed by atoms with van der Waals surface area (Å²) < 4.78 is 40.2. The number of aryl methyl sites for hydroxylation is 1. The number of carbonyl (C=O) groups excluding carboxylic acids is 1. The number of alkyl halides is 3. The molecule has 1 amide bonds. The second-order valence-electron chi connectivity index (χ2n) is 4.23. The first-order valence-corrected chi connectivity index (χ1v) is 5.79. The molecule has 2 rings (SSSR count). The van der Waals surface area contributed by atoms with Crippen LogP contribution in [0, 0.1) is 6.92 Å². The monoisotopic (exact) mass is 283 g/mol. The summed E-state index contributed by atoms with van der Waals surface area (Å²) in [5.41, 5.74) is -0.416. The van der Waals surface area contributed by atoms with E-state index in [-0.39, 0.29) is 5.69 Å². The van der Waals surface area contributed by atoms with Gasteiger partial charge in [-0.3, -0.25) is 4.79 Å². The molecular weight excluding hydrogens is 271 g/mol. The largest absolute Gasteiger partial charge is 0.434 e. The van der Waals surface area contributed by atoms with Crippen LogP contribution in [0.2, 0.25) is 0 Å². The Bertz CT molecular complexity index is 629. The van der Waals surface area contributed by atoms with E-state index in [1.807, 2.05) is 6.92 Å². The first-order chi connectivity index (χ1) is 9.34. The SMILES string of the molecule is CNC(=O)c1cnn(-c2ccc(C)cc2)c1C(F)(F)F. The highest BCUT2D eigenvalue weighted by atomic mass is 19.4. The Kier molecular flexibility index (Phi) is 3.52. The maximum atomic E-state index is 13.2. The molecular formula is C13H12F3N3O. The third-order valence-corrected chi connectivity index (χ3v) is 2.79. The lowest BCUT2D eigenvalue weighted by molar-refractivity contribution is -0.143. The van der Waals surface area contributed by atoms with Gasteiger partial charge >= 0.3 is 6.18 Å². The highest BCUT2D eigenvalue weighted by molar-refractivity contribution is 5.95. The Hall–Kier alpha value is -2.31. The molecule has 0 aliphatic heterocycles. The van der Waals surface area contributed by atoms with Crippen molar-refractivity contribution in [3.8, 4) is 5.69 Å². The second-order valence-corrected chi connectivity index (χ2v) is 4.23. The molecule has 0 bridgehead atoms. The Morgan fingerprint density at radius 3 is 2.35 bits per heavy atom. The molecule has 7 heteroatoms. The summed E-state index contributed by atoms with van der Waals surface area (Å²) in [6.07, 6.45) is -3.76. The predicted molar refractivity (Wildman–Crippen MR) is 66.7 cm³/mol. The quantitative estimate of drug-likeness (QED) is 0.920. The molecule has 1 heterocycles. The van der Waals surface area contributed by atoms with E-state index in [4.69, 9.17) is 0 Å². The minimum Gasteiger partial charge on any atom is -0.355 e. The zero-order chi connectivity index (χ0) is 14.9. The number of hydrogen-bond donors (Lipinski definition) is 1. The van der Waals surface area contributed by atoms with Crippen molar-refractivity contribution >= 4 is 5.91 Å². The molecule has 0 fully saturated rings. The number of carbonyl (C=O) groups is 1. The number of hydrogen-bond acceptors (Lipinski definition) is 2. The van der Waals surface area contributed by atoms with Gasteiger partial charge in [0.05, 0.1) is 17.4 Å². The van der Waals surface area contributed by atoms with E-state index in [2.05, 4.69) is 10.4 Å². The molecule has 0 aliphatic rings. The summed E-state index contributed by atoms with van der Waals surface area (Å²) in [6, 6.07) is 6.39. The minimum atomic E-state index is -4.68. The van der Waals surface area contributed by atoms with Gasteiger partial charge in [0.1, 0.15) is 0 Å². The van der Waals surface area contributed by atoms with Crippen LogP contribution >= 0.6 is 0 Å². The van der Waals surface area contributed by atoms with Crippen molar-refractivity contribution in [1.82, 2.24) is 15.1 Å². The van der Waals surface area contributed by atoms with Gasteiger partial charge < -0.3 is 5.32 Å². The first-order valence-electron chi connectivity index (χ1n) is 5.79. The zero-order valence-electron chi connectivity index (χ0n) is 10.8. The van der Waals surface area contributed by atoms with Gasteiger partial charge in [0.25, 0.3) is 5.91 Å². The molecule has 1 N–H and O–H groups in total. The smallest absolute Gasteiger partial charge is 0.355 e. The van der Waals surface area contributed by atoms with E-state index in [1.54, 1.807) is 12.1 Å². The molecule has 0 atom stereocenters. The second kappa shape index (κ2) is 4.99. The molecule has 20 heavy (non-hydrogen) atoms. The number of rotatable bonds is 2. The first kappa shape index (κ1) is 14.1.